The summed E-state index contributed by atoms with van der Waals surface area (Å²) in [4.78, 5) is 16.7. The third-order valence-electron chi connectivity index (χ3n) is 4.29. The molecule has 5 nitrogen and oxygen atoms in total. The Labute approximate surface area is 136 Å². The van der Waals surface area contributed by atoms with Crippen LogP contribution in [-0.4, -0.2) is 26.7 Å². The van der Waals surface area contributed by atoms with E-state index < -0.39 is 6.10 Å². The Morgan fingerprint density at radius 2 is 2.22 bits per heavy atom. The molecule has 0 fully saturated rings. The molecule has 5 heteroatoms. The van der Waals surface area contributed by atoms with Crippen LogP contribution in [0.15, 0.2) is 30.5 Å². The van der Waals surface area contributed by atoms with Crippen LogP contribution in [0.25, 0.3) is 11.4 Å². The van der Waals surface area contributed by atoms with Gasteiger partial charge in [0.2, 0.25) is 0 Å². The lowest BCUT2D eigenvalue weighted by molar-refractivity contribution is -0.124. The van der Waals surface area contributed by atoms with Gasteiger partial charge in [0, 0.05) is 24.0 Å². The highest BCUT2D eigenvalue weighted by Crippen LogP contribution is 2.30. The first kappa shape index (κ1) is 15.7. The summed E-state index contributed by atoms with van der Waals surface area (Å²) in [5.74, 6) is 0.533. The number of para-hydroxylation sites is 1. The second-order valence-electron chi connectivity index (χ2n) is 6.02. The quantitative estimate of drug-likeness (QED) is 0.891. The number of rotatable bonds is 5. The molecule has 3 rings (SSSR count). The van der Waals surface area contributed by atoms with E-state index in [2.05, 4.69) is 14.9 Å². The van der Waals surface area contributed by atoms with Crippen molar-refractivity contribution < 1.29 is 9.90 Å². The van der Waals surface area contributed by atoms with Crippen LogP contribution in [0.4, 0.5) is 5.69 Å². The van der Waals surface area contributed by atoms with Crippen molar-refractivity contribution in [3.05, 3.63) is 36.2 Å². The molecular formula is C18H23N3O2. The first-order valence-electron chi connectivity index (χ1n) is 8.33. The topological polar surface area (TPSA) is 67.2 Å². The maximum absolute atomic E-state index is 12.1. The lowest BCUT2D eigenvalue weighted by atomic mass is 10.1. The van der Waals surface area contributed by atoms with E-state index in [9.17, 15) is 9.90 Å². The number of carbonyl (C=O) groups is 1. The van der Waals surface area contributed by atoms with Crippen LogP contribution in [-0.2, 0) is 17.8 Å². The molecule has 0 aliphatic carbocycles. The molecule has 1 aliphatic heterocycles. The number of anilines is 1. The zero-order chi connectivity index (χ0) is 16.2. The zero-order valence-corrected chi connectivity index (χ0v) is 13.5. The van der Waals surface area contributed by atoms with Crippen molar-refractivity contribution in [1.82, 2.24) is 9.55 Å². The molecule has 1 aliphatic rings. The average Bonchev–Trinajstić information content (AvgIpc) is 2.99. The number of aryl methyl sites for hydroxylation is 1. The highest BCUT2D eigenvalue weighted by atomic mass is 16.3. The fraction of sp³-hybridized carbons (Fsp3) is 0.444. The highest BCUT2D eigenvalue weighted by molar-refractivity contribution is 5.97. The summed E-state index contributed by atoms with van der Waals surface area (Å²) in [5, 5.41) is 12.7. The zero-order valence-electron chi connectivity index (χ0n) is 13.5. The molecule has 0 spiro atoms. The fourth-order valence-electron chi connectivity index (χ4n) is 3.06. The predicted octanol–water partition coefficient (Wildman–Crippen LogP) is 2.99. The Hall–Kier alpha value is -2.14. The fourth-order valence-corrected chi connectivity index (χ4v) is 3.06. The van der Waals surface area contributed by atoms with E-state index in [-0.39, 0.29) is 5.91 Å². The molecule has 0 unspecified atom stereocenters. The Kier molecular flexibility index (Phi) is 4.76. The second-order valence-corrected chi connectivity index (χ2v) is 6.02. The van der Waals surface area contributed by atoms with Crippen molar-refractivity contribution in [3.8, 4) is 11.4 Å². The van der Waals surface area contributed by atoms with Crippen LogP contribution < -0.4 is 5.32 Å². The number of hydrogen-bond acceptors (Lipinski definition) is 3. The molecule has 122 valence electrons. The van der Waals surface area contributed by atoms with E-state index in [0.29, 0.717) is 12.1 Å². The number of amides is 1. The van der Waals surface area contributed by atoms with Crippen LogP contribution in [0.1, 0.15) is 38.3 Å². The molecule has 0 bridgehead atoms. The molecule has 2 heterocycles. The SMILES string of the molecule is CCC[C@H](O)C(=O)Nc1ccccc1-c1ncc2n1CCCC2. The van der Waals surface area contributed by atoms with E-state index in [1.807, 2.05) is 37.4 Å². The van der Waals surface area contributed by atoms with Gasteiger partial charge in [-0.3, -0.25) is 4.79 Å². The van der Waals surface area contributed by atoms with Gasteiger partial charge in [0.15, 0.2) is 0 Å². The van der Waals surface area contributed by atoms with Gasteiger partial charge in [-0.2, -0.15) is 0 Å². The smallest absolute Gasteiger partial charge is 0.253 e. The Balaban J connectivity index is 1.89. The number of aliphatic hydroxyl groups is 1. The van der Waals surface area contributed by atoms with Crippen molar-refractivity contribution >= 4 is 11.6 Å². The van der Waals surface area contributed by atoms with Gasteiger partial charge in [0.05, 0.1) is 5.69 Å². The van der Waals surface area contributed by atoms with Gasteiger partial charge < -0.3 is 15.0 Å². The Bertz CT molecular complexity index is 693. The number of benzene rings is 1. The van der Waals surface area contributed by atoms with Crippen molar-refractivity contribution in [1.29, 1.82) is 0 Å². The number of nitrogens with zero attached hydrogens (tertiary/aromatic N) is 2. The molecule has 0 saturated heterocycles. The Morgan fingerprint density at radius 3 is 3.04 bits per heavy atom. The number of aromatic nitrogens is 2. The van der Waals surface area contributed by atoms with E-state index in [1.165, 1.54) is 12.1 Å². The molecule has 1 atom stereocenters. The highest BCUT2D eigenvalue weighted by Gasteiger charge is 2.20. The average molecular weight is 313 g/mol. The second kappa shape index (κ2) is 6.96. The molecule has 23 heavy (non-hydrogen) atoms. The van der Waals surface area contributed by atoms with Crippen LogP contribution >= 0.6 is 0 Å². The van der Waals surface area contributed by atoms with E-state index in [4.69, 9.17) is 0 Å². The maximum atomic E-state index is 12.1. The molecular weight excluding hydrogens is 290 g/mol. The van der Waals surface area contributed by atoms with Crippen LogP contribution in [0.5, 0.6) is 0 Å². The summed E-state index contributed by atoms with van der Waals surface area (Å²) in [5.41, 5.74) is 2.85. The summed E-state index contributed by atoms with van der Waals surface area (Å²) in [6, 6.07) is 7.64. The van der Waals surface area contributed by atoms with Crippen molar-refractivity contribution in [3.63, 3.8) is 0 Å². The summed E-state index contributed by atoms with van der Waals surface area (Å²) >= 11 is 0. The van der Waals surface area contributed by atoms with Gasteiger partial charge in [-0.1, -0.05) is 25.5 Å². The van der Waals surface area contributed by atoms with Crippen LogP contribution in [0.3, 0.4) is 0 Å². The van der Waals surface area contributed by atoms with Crippen molar-refractivity contribution in [2.24, 2.45) is 0 Å². The lowest BCUT2D eigenvalue weighted by Crippen LogP contribution is -2.27. The van der Waals surface area contributed by atoms with E-state index in [1.54, 1.807) is 0 Å². The first-order valence-corrected chi connectivity index (χ1v) is 8.33. The van der Waals surface area contributed by atoms with E-state index >= 15 is 0 Å². The molecule has 0 saturated carbocycles. The van der Waals surface area contributed by atoms with Crippen LogP contribution in [0.2, 0.25) is 0 Å². The molecule has 1 aromatic carbocycles. The third kappa shape index (κ3) is 3.29. The molecule has 2 N–H and O–H groups in total. The van der Waals surface area contributed by atoms with E-state index in [0.717, 1.165) is 37.2 Å². The van der Waals surface area contributed by atoms with Crippen molar-refractivity contribution in [2.75, 3.05) is 5.32 Å². The van der Waals surface area contributed by atoms with Crippen molar-refractivity contribution in [2.45, 2.75) is 51.7 Å². The molecule has 1 aromatic heterocycles. The van der Waals surface area contributed by atoms with Gasteiger partial charge >= 0.3 is 0 Å². The monoisotopic (exact) mass is 313 g/mol. The normalized spacial score (nSPS) is 15.0. The van der Waals surface area contributed by atoms with Gasteiger partial charge in [-0.05, 0) is 37.8 Å². The minimum Gasteiger partial charge on any atom is -0.383 e. The lowest BCUT2D eigenvalue weighted by Gasteiger charge is -2.18. The van der Waals surface area contributed by atoms with Gasteiger partial charge in [0.25, 0.3) is 5.91 Å². The molecule has 2 aromatic rings. The summed E-state index contributed by atoms with van der Waals surface area (Å²) in [6.07, 6.45) is 5.60. The minimum absolute atomic E-state index is 0.357. The number of fused-ring (bicyclic) bond motifs is 1. The number of carbonyl (C=O) groups excluding carboxylic acids is 1. The number of imidazole rings is 1. The summed E-state index contributed by atoms with van der Waals surface area (Å²) in [7, 11) is 0. The molecule has 0 radical (unpaired) electrons. The number of hydrogen-bond donors (Lipinski definition) is 2. The third-order valence-corrected chi connectivity index (χ3v) is 4.29. The number of nitrogens with one attached hydrogen (secondary N) is 1. The van der Waals surface area contributed by atoms with Gasteiger partial charge in [0.1, 0.15) is 11.9 Å². The maximum Gasteiger partial charge on any atom is 0.253 e. The first-order chi connectivity index (χ1) is 11.2. The summed E-state index contributed by atoms with van der Waals surface area (Å²) in [6.45, 7) is 2.91. The van der Waals surface area contributed by atoms with Gasteiger partial charge in [-0.15, -0.1) is 0 Å². The summed E-state index contributed by atoms with van der Waals surface area (Å²) < 4.78 is 2.23. The minimum atomic E-state index is -0.970. The standard InChI is InChI=1S/C18H23N3O2/c1-2-7-16(22)18(23)20-15-10-4-3-9-14(15)17-19-12-13-8-5-6-11-21(13)17/h3-4,9-10,12,16,22H,2,5-8,11H2,1H3,(H,20,23)/t16-/m0/s1. The van der Waals surface area contributed by atoms with Gasteiger partial charge in [-0.25, -0.2) is 4.98 Å². The number of aliphatic hydroxyl groups excluding tert-OH is 1. The largest absolute Gasteiger partial charge is 0.383 e. The predicted molar refractivity (Wildman–Crippen MR) is 90.1 cm³/mol. The molecule has 1 amide bonds. The van der Waals surface area contributed by atoms with Crippen LogP contribution in [0, 0.1) is 0 Å². The Morgan fingerprint density at radius 1 is 1.39 bits per heavy atom.